The molecule has 1 aromatic rings. The highest BCUT2D eigenvalue weighted by molar-refractivity contribution is 5.21. The average molecular weight is 206 g/mol. The Morgan fingerprint density at radius 1 is 1.33 bits per heavy atom. The Bertz CT molecular complexity index is 280. The van der Waals surface area contributed by atoms with Gasteiger partial charge in [0.2, 0.25) is 5.95 Å². The SMILES string of the molecule is CN1CCC(CNc2ncccn2)CC1. The first-order valence-corrected chi connectivity index (χ1v) is 5.54. The van der Waals surface area contributed by atoms with Gasteiger partial charge in [0.05, 0.1) is 0 Å². The number of hydrogen-bond acceptors (Lipinski definition) is 4. The molecule has 1 N–H and O–H groups in total. The van der Waals surface area contributed by atoms with Gasteiger partial charge in [0.25, 0.3) is 0 Å². The predicted octanol–water partition coefficient (Wildman–Crippen LogP) is 1.23. The monoisotopic (exact) mass is 206 g/mol. The fourth-order valence-corrected chi connectivity index (χ4v) is 1.89. The van der Waals surface area contributed by atoms with Gasteiger partial charge in [-0.1, -0.05) is 0 Å². The quantitative estimate of drug-likeness (QED) is 0.807. The topological polar surface area (TPSA) is 41.0 Å². The van der Waals surface area contributed by atoms with Crippen LogP contribution in [0.2, 0.25) is 0 Å². The van der Waals surface area contributed by atoms with Crippen molar-refractivity contribution < 1.29 is 0 Å². The van der Waals surface area contributed by atoms with Gasteiger partial charge in [0, 0.05) is 18.9 Å². The Kier molecular flexibility index (Phi) is 3.50. The van der Waals surface area contributed by atoms with Crippen LogP contribution in [0.15, 0.2) is 18.5 Å². The van der Waals surface area contributed by atoms with Crippen molar-refractivity contribution >= 4 is 5.95 Å². The summed E-state index contributed by atoms with van der Waals surface area (Å²) >= 11 is 0. The Morgan fingerprint density at radius 3 is 2.67 bits per heavy atom. The van der Waals surface area contributed by atoms with E-state index in [0.29, 0.717) is 0 Å². The number of nitrogens with zero attached hydrogens (tertiary/aromatic N) is 3. The summed E-state index contributed by atoms with van der Waals surface area (Å²) in [6.45, 7) is 3.42. The van der Waals surface area contributed by atoms with E-state index in [0.717, 1.165) is 18.4 Å². The molecule has 0 spiro atoms. The van der Waals surface area contributed by atoms with Gasteiger partial charge in [-0.2, -0.15) is 0 Å². The van der Waals surface area contributed by atoms with Crippen molar-refractivity contribution in [2.45, 2.75) is 12.8 Å². The van der Waals surface area contributed by atoms with Crippen LogP contribution in [-0.2, 0) is 0 Å². The third kappa shape index (κ3) is 3.16. The highest BCUT2D eigenvalue weighted by Crippen LogP contribution is 2.15. The Balaban J connectivity index is 1.74. The lowest BCUT2D eigenvalue weighted by Gasteiger charge is -2.28. The van der Waals surface area contributed by atoms with E-state index in [4.69, 9.17) is 0 Å². The molecule has 1 aromatic heterocycles. The van der Waals surface area contributed by atoms with Crippen molar-refractivity contribution in [3.8, 4) is 0 Å². The summed E-state index contributed by atoms with van der Waals surface area (Å²) in [6, 6.07) is 1.83. The van der Waals surface area contributed by atoms with Crippen molar-refractivity contribution in [2.75, 3.05) is 32.0 Å². The van der Waals surface area contributed by atoms with Crippen molar-refractivity contribution in [1.29, 1.82) is 0 Å². The van der Waals surface area contributed by atoms with E-state index in [-0.39, 0.29) is 0 Å². The summed E-state index contributed by atoms with van der Waals surface area (Å²) in [4.78, 5) is 10.7. The van der Waals surface area contributed by atoms with Gasteiger partial charge < -0.3 is 10.2 Å². The minimum Gasteiger partial charge on any atom is -0.354 e. The molecule has 0 unspecified atom stereocenters. The number of likely N-dealkylation sites (tertiary alicyclic amines) is 1. The van der Waals surface area contributed by atoms with Gasteiger partial charge in [-0.3, -0.25) is 0 Å². The molecule has 4 heteroatoms. The Labute approximate surface area is 90.7 Å². The van der Waals surface area contributed by atoms with E-state index < -0.39 is 0 Å². The first-order valence-electron chi connectivity index (χ1n) is 5.54. The number of aromatic nitrogens is 2. The maximum absolute atomic E-state index is 4.15. The highest BCUT2D eigenvalue weighted by Gasteiger charge is 2.16. The molecule has 0 radical (unpaired) electrons. The summed E-state index contributed by atoms with van der Waals surface area (Å²) in [5.74, 6) is 1.52. The second-order valence-corrected chi connectivity index (χ2v) is 4.20. The fourth-order valence-electron chi connectivity index (χ4n) is 1.89. The standard InChI is InChI=1S/C11H18N4/c1-15-7-3-10(4-8-15)9-14-11-12-5-2-6-13-11/h2,5-6,10H,3-4,7-9H2,1H3,(H,12,13,14). The summed E-state index contributed by atoms with van der Waals surface area (Å²) in [6.07, 6.45) is 6.08. The molecule has 0 atom stereocenters. The van der Waals surface area contributed by atoms with Gasteiger partial charge in [-0.15, -0.1) is 0 Å². The van der Waals surface area contributed by atoms with Gasteiger partial charge in [-0.05, 0) is 45.0 Å². The minimum atomic E-state index is 0.747. The van der Waals surface area contributed by atoms with Crippen LogP contribution < -0.4 is 5.32 Å². The van der Waals surface area contributed by atoms with Crippen molar-refractivity contribution in [3.05, 3.63) is 18.5 Å². The lowest BCUT2D eigenvalue weighted by Crippen LogP contribution is -2.33. The van der Waals surface area contributed by atoms with Gasteiger partial charge in [0.1, 0.15) is 0 Å². The maximum atomic E-state index is 4.15. The molecule has 1 saturated heterocycles. The van der Waals surface area contributed by atoms with Crippen molar-refractivity contribution in [1.82, 2.24) is 14.9 Å². The van der Waals surface area contributed by atoms with E-state index >= 15 is 0 Å². The molecule has 4 nitrogen and oxygen atoms in total. The van der Waals surface area contributed by atoms with Gasteiger partial charge >= 0.3 is 0 Å². The number of rotatable bonds is 3. The normalized spacial score (nSPS) is 19.0. The molecule has 0 aliphatic carbocycles. The molecule has 0 saturated carbocycles. The van der Waals surface area contributed by atoms with E-state index in [1.54, 1.807) is 12.4 Å². The van der Waals surface area contributed by atoms with Gasteiger partial charge in [-0.25, -0.2) is 9.97 Å². The molecule has 1 fully saturated rings. The summed E-state index contributed by atoms with van der Waals surface area (Å²) < 4.78 is 0. The van der Waals surface area contributed by atoms with Crippen LogP contribution in [-0.4, -0.2) is 41.5 Å². The van der Waals surface area contributed by atoms with Crippen LogP contribution in [0.4, 0.5) is 5.95 Å². The summed E-state index contributed by atoms with van der Waals surface area (Å²) in [5, 5.41) is 3.29. The first kappa shape index (κ1) is 10.4. The molecule has 1 aliphatic rings. The summed E-state index contributed by atoms with van der Waals surface area (Å²) in [7, 11) is 2.18. The highest BCUT2D eigenvalue weighted by atomic mass is 15.1. The van der Waals surface area contributed by atoms with Crippen LogP contribution >= 0.6 is 0 Å². The molecule has 82 valence electrons. The predicted molar refractivity (Wildman–Crippen MR) is 60.7 cm³/mol. The molecule has 15 heavy (non-hydrogen) atoms. The molecular formula is C11H18N4. The molecular weight excluding hydrogens is 188 g/mol. The van der Waals surface area contributed by atoms with E-state index in [2.05, 4.69) is 27.2 Å². The Hall–Kier alpha value is -1.16. The van der Waals surface area contributed by atoms with Crippen LogP contribution in [0.5, 0.6) is 0 Å². The number of piperidine rings is 1. The number of nitrogens with one attached hydrogen (secondary N) is 1. The molecule has 2 rings (SSSR count). The van der Waals surface area contributed by atoms with Crippen molar-refractivity contribution in [3.63, 3.8) is 0 Å². The maximum Gasteiger partial charge on any atom is 0.222 e. The lowest BCUT2D eigenvalue weighted by molar-refractivity contribution is 0.226. The third-order valence-electron chi connectivity index (χ3n) is 2.95. The van der Waals surface area contributed by atoms with Crippen LogP contribution in [0.25, 0.3) is 0 Å². The van der Waals surface area contributed by atoms with Gasteiger partial charge in [0.15, 0.2) is 0 Å². The zero-order valence-electron chi connectivity index (χ0n) is 9.19. The van der Waals surface area contributed by atoms with Crippen LogP contribution in [0.3, 0.4) is 0 Å². The zero-order valence-corrected chi connectivity index (χ0v) is 9.19. The Morgan fingerprint density at radius 2 is 2.00 bits per heavy atom. The molecule has 2 heterocycles. The fraction of sp³-hybridized carbons (Fsp3) is 0.636. The second kappa shape index (κ2) is 5.07. The van der Waals surface area contributed by atoms with E-state index in [1.165, 1.54) is 25.9 Å². The molecule has 0 bridgehead atoms. The minimum absolute atomic E-state index is 0.747. The second-order valence-electron chi connectivity index (χ2n) is 4.20. The summed E-state index contributed by atoms with van der Waals surface area (Å²) in [5.41, 5.74) is 0. The van der Waals surface area contributed by atoms with Crippen LogP contribution in [0, 0.1) is 5.92 Å². The molecule has 0 aromatic carbocycles. The molecule has 1 aliphatic heterocycles. The van der Waals surface area contributed by atoms with E-state index in [1.807, 2.05) is 6.07 Å². The zero-order chi connectivity index (χ0) is 10.5. The average Bonchev–Trinajstić information content (AvgIpc) is 2.30. The lowest BCUT2D eigenvalue weighted by atomic mass is 9.97. The smallest absolute Gasteiger partial charge is 0.222 e. The third-order valence-corrected chi connectivity index (χ3v) is 2.95. The van der Waals surface area contributed by atoms with Crippen molar-refractivity contribution in [2.24, 2.45) is 5.92 Å². The van der Waals surface area contributed by atoms with Crippen LogP contribution in [0.1, 0.15) is 12.8 Å². The largest absolute Gasteiger partial charge is 0.354 e. The molecule has 0 amide bonds. The van der Waals surface area contributed by atoms with E-state index in [9.17, 15) is 0 Å². The number of hydrogen-bond donors (Lipinski definition) is 1. The number of anilines is 1. The first-order chi connectivity index (χ1) is 7.34.